The Hall–Kier alpha value is -2.52. The van der Waals surface area contributed by atoms with Crippen LogP contribution < -0.4 is 14.4 Å². The second-order valence-corrected chi connectivity index (χ2v) is 7.07. The molecule has 2 aromatic carbocycles. The van der Waals surface area contributed by atoms with Gasteiger partial charge in [0.1, 0.15) is 11.5 Å². The quantitative estimate of drug-likeness (QED) is 0.477. The van der Waals surface area contributed by atoms with Crippen LogP contribution in [0.3, 0.4) is 0 Å². The van der Waals surface area contributed by atoms with E-state index in [-0.39, 0.29) is 5.91 Å². The highest BCUT2D eigenvalue weighted by Gasteiger charge is 2.36. The van der Waals surface area contributed by atoms with E-state index in [9.17, 15) is 10.1 Å². The highest BCUT2D eigenvalue weighted by molar-refractivity contribution is 9.09. The molecule has 1 aliphatic rings. The van der Waals surface area contributed by atoms with Gasteiger partial charge in [-0.05, 0) is 43.2 Å². The standard InChI is InChI=1S/C21H21BrN2O3/c1-26-18-10-9-15(14-23)13-16(18)20-21(25)24(12-6-2-5-11-22)17-7-3-4-8-19(17)27-20/h3-4,7-10,13,20H,2,5-6,11-12H2,1H3. The molecule has 1 unspecified atom stereocenters. The average Bonchev–Trinajstić information content (AvgIpc) is 2.71. The molecule has 3 rings (SSSR count). The van der Waals surface area contributed by atoms with E-state index in [0.717, 1.165) is 30.3 Å². The van der Waals surface area contributed by atoms with E-state index in [1.165, 1.54) is 0 Å². The molecule has 0 fully saturated rings. The van der Waals surface area contributed by atoms with Gasteiger partial charge in [0.25, 0.3) is 5.91 Å². The first kappa shape index (κ1) is 19.2. The maximum atomic E-state index is 13.3. The Labute approximate surface area is 167 Å². The number of alkyl halides is 1. The molecule has 0 N–H and O–H groups in total. The number of para-hydroxylation sites is 2. The number of amides is 1. The molecule has 140 valence electrons. The number of unbranched alkanes of at least 4 members (excludes halogenated alkanes) is 2. The number of nitriles is 1. The maximum absolute atomic E-state index is 13.3. The number of fused-ring (bicyclic) bond motifs is 1. The Kier molecular flexibility index (Phi) is 6.36. The van der Waals surface area contributed by atoms with Crippen molar-refractivity contribution in [2.45, 2.75) is 25.4 Å². The molecule has 1 amide bonds. The van der Waals surface area contributed by atoms with Gasteiger partial charge in [-0.2, -0.15) is 5.26 Å². The molecule has 1 aliphatic heterocycles. The third kappa shape index (κ3) is 4.09. The van der Waals surface area contributed by atoms with E-state index in [4.69, 9.17) is 9.47 Å². The fraction of sp³-hybridized carbons (Fsp3) is 0.333. The zero-order valence-electron chi connectivity index (χ0n) is 15.2. The number of halogens is 1. The van der Waals surface area contributed by atoms with Crippen LogP contribution in [-0.4, -0.2) is 24.9 Å². The summed E-state index contributed by atoms with van der Waals surface area (Å²) in [6.07, 6.45) is 2.19. The average molecular weight is 429 g/mol. The Morgan fingerprint density at radius 1 is 1.22 bits per heavy atom. The Balaban J connectivity index is 1.96. The minimum atomic E-state index is -0.834. The molecule has 6 heteroatoms. The normalized spacial score (nSPS) is 15.7. The number of rotatable bonds is 7. The summed E-state index contributed by atoms with van der Waals surface area (Å²) in [6.45, 7) is 0.628. The minimum absolute atomic E-state index is 0.138. The van der Waals surface area contributed by atoms with Gasteiger partial charge in [0.05, 0.1) is 24.4 Å². The summed E-state index contributed by atoms with van der Waals surface area (Å²) in [7, 11) is 1.55. The van der Waals surface area contributed by atoms with Crippen LogP contribution in [0.2, 0.25) is 0 Å². The number of anilines is 1. The molecule has 0 bridgehead atoms. The summed E-state index contributed by atoms with van der Waals surface area (Å²) in [5, 5.41) is 10.2. The van der Waals surface area contributed by atoms with Crippen molar-refractivity contribution in [3.05, 3.63) is 53.6 Å². The van der Waals surface area contributed by atoms with Crippen LogP contribution in [0.25, 0.3) is 0 Å². The summed E-state index contributed by atoms with van der Waals surface area (Å²) in [4.78, 5) is 15.1. The molecular weight excluding hydrogens is 408 g/mol. The molecule has 27 heavy (non-hydrogen) atoms. The molecule has 0 radical (unpaired) electrons. The monoisotopic (exact) mass is 428 g/mol. The minimum Gasteiger partial charge on any atom is -0.496 e. The summed E-state index contributed by atoms with van der Waals surface area (Å²) in [5.74, 6) is 1.05. The van der Waals surface area contributed by atoms with Crippen LogP contribution in [0.15, 0.2) is 42.5 Å². The van der Waals surface area contributed by atoms with Gasteiger partial charge in [-0.15, -0.1) is 0 Å². The van der Waals surface area contributed by atoms with Crippen LogP contribution in [-0.2, 0) is 4.79 Å². The number of methoxy groups -OCH3 is 1. The summed E-state index contributed by atoms with van der Waals surface area (Å²) in [6, 6.07) is 14.7. The van der Waals surface area contributed by atoms with Gasteiger partial charge in [0.15, 0.2) is 0 Å². The predicted molar refractivity (Wildman–Crippen MR) is 108 cm³/mol. The zero-order chi connectivity index (χ0) is 19.2. The maximum Gasteiger partial charge on any atom is 0.273 e. The van der Waals surface area contributed by atoms with Gasteiger partial charge >= 0.3 is 0 Å². The molecule has 1 atom stereocenters. The van der Waals surface area contributed by atoms with Gasteiger partial charge in [-0.25, -0.2) is 0 Å². The van der Waals surface area contributed by atoms with Crippen LogP contribution in [0.5, 0.6) is 11.5 Å². The van der Waals surface area contributed by atoms with E-state index >= 15 is 0 Å². The number of carbonyl (C=O) groups is 1. The first-order chi connectivity index (χ1) is 13.2. The fourth-order valence-electron chi connectivity index (χ4n) is 3.19. The molecule has 5 nitrogen and oxygen atoms in total. The summed E-state index contributed by atoms with van der Waals surface area (Å²) in [5.41, 5.74) is 1.82. The molecule has 0 spiro atoms. The van der Waals surface area contributed by atoms with Gasteiger partial charge in [-0.3, -0.25) is 4.79 Å². The number of nitrogens with zero attached hydrogens (tertiary/aromatic N) is 2. The summed E-state index contributed by atoms with van der Waals surface area (Å²) < 4.78 is 11.5. The number of carbonyl (C=O) groups excluding carboxylic acids is 1. The highest BCUT2D eigenvalue weighted by Crippen LogP contribution is 2.41. The Bertz CT molecular complexity index is 863. The summed E-state index contributed by atoms with van der Waals surface area (Å²) >= 11 is 3.44. The Morgan fingerprint density at radius 3 is 2.78 bits per heavy atom. The van der Waals surface area contributed by atoms with Crippen molar-refractivity contribution in [2.24, 2.45) is 0 Å². The van der Waals surface area contributed by atoms with E-state index < -0.39 is 6.10 Å². The SMILES string of the molecule is COc1ccc(C#N)cc1C1Oc2ccccc2N(CCCCCBr)C1=O. The van der Waals surface area contributed by atoms with Crippen molar-refractivity contribution >= 4 is 27.5 Å². The molecule has 0 aliphatic carbocycles. The van der Waals surface area contributed by atoms with Gasteiger partial charge in [-0.1, -0.05) is 34.5 Å². The molecular formula is C21H21BrN2O3. The lowest BCUT2D eigenvalue weighted by Crippen LogP contribution is -2.41. The second-order valence-electron chi connectivity index (χ2n) is 6.27. The fourth-order valence-corrected chi connectivity index (χ4v) is 3.59. The van der Waals surface area contributed by atoms with Crippen molar-refractivity contribution in [1.29, 1.82) is 5.26 Å². The first-order valence-electron chi connectivity index (χ1n) is 8.90. The highest BCUT2D eigenvalue weighted by atomic mass is 79.9. The van der Waals surface area contributed by atoms with Crippen molar-refractivity contribution in [3.63, 3.8) is 0 Å². The van der Waals surface area contributed by atoms with E-state index in [2.05, 4.69) is 22.0 Å². The molecule has 1 heterocycles. The third-order valence-corrected chi connectivity index (χ3v) is 5.11. The number of hydrogen-bond acceptors (Lipinski definition) is 4. The van der Waals surface area contributed by atoms with Crippen LogP contribution >= 0.6 is 15.9 Å². The predicted octanol–water partition coefficient (Wildman–Crippen LogP) is 4.60. The molecule has 0 aromatic heterocycles. The number of ether oxygens (including phenoxy) is 2. The van der Waals surface area contributed by atoms with Crippen molar-refractivity contribution in [3.8, 4) is 17.6 Å². The molecule has 2 aromatic rings. The van der Waals surface area contributed by atoms with Gasteiger partial charge in [0.2, 0.25) is 6.10 Å². The van der Waals surface area contributed by atoms with Crippen molar-refractivity contribution in [1.82, 2.24) is 0 Å². The second kappa shape index (κ2) is 8.92. The largest absolute Gasteiger partial charge is 0.496 e. The van der Waals surface area contributed by atoms with E-state index in [1.807, 2.05) is 24.3 Å². The van der Waals surface area contributed by atoms with Crippen LogP contribution in [0.4, 0.5) is 5.69 Å². The van der Waals surface area contributed by atoms with E-state index in [1.54, 1.807) is 30.2 Å². The number of benzene rings is 2. The lowest BCUT2D eigenvalue weighted by atomic mass is 10.0. The lowest BCUT2D eigenvalue weighted by Gasteiger charge is -2.35. The van der Waals surface area contributed by atoms with Crippen molar-refractivity contribution < 1.29 is 14.3 Å². The smallest absolute Gasteiger partial charge is 0.273 e. The van der Waals surface area contributed by atoms with Crippen LogP contribution in [0.1, 0.15) is 36.5 Å². The zero-order valence-corrected chi connectivity index (χ0v) is 16.7. The molecule has 0 saturated heterocycles. The van der Waals surface area contributed by atoms with Gasteiger partial charge < -0.3 is 14.4 Å². The van der Waals surface area contributed by atoms with Crippen molar-refractivity contribution in [2.75, 3.05) is 23.9 Å². The van der Waals surface area contributed by atoms with Crippen LogP contribution in [0, 0.1) is 11.3 Å². The molecule has 0 saturated carbocycles. The van der Waals surface area contributed by atoms with E-state index in [0.29, 0.717) is 29.2 Å². The third-order valence-electron chi connectivity index (χ3n) is 4.55. The number of hydrogen-bond donors (Lipinski definition) is 0. The Morgan fingerprint density at radius 2 is 2.04 bits per heavy atom. The van der Waals surface area contributed by atoms with Gasteiger partial charge in [0, 0.05) is 17.4 Å². The lowest BCUT2D eigenvalue weighted by molar-refractivity contribution is -0.126. The topological polar surface area (TPSA) is 62.6 Å². The first-order valence-corrected chi connectivity index (χ1v) is 10.0.